The molecule has 3 rings (SSSR count). The van der Waals surface area contributed by atoms with Crippen molar-refractivity contribution in [3.63, 3.8) is 0 Å². The Morgan fingerprint density at radius 2 is 1.07 bits per heavy atom. The summed E-state index contributed by atoms with van der Waals surface area (Å²) in [5, 5.41) is 0. The van der Waals surface area contributed by atoms with Gasteiger partial charge in [0, 0.05) is 0 Å². The van der Waals surface area contributed by atoms with Gasteiger partial charge < -0.3 is 0 Å². The van der Waals surface area contributed by atoms with E-state index in [0.717, 1.165) is 35.5 Å². The lowest BCUT2D eigenvalue weighted by Gasteiger charge is -2.37. The van der Waals surface area contributed by atoms with Crippen LogP contribution in [0.15, 0.2) is 37.0 Å². The highest BCUT2D eigenvalue weighted by molar-refractivity contribution is 4.97. The van der Waals surface area contributed by atoms with E-state index < -0.39 is 0 Å². The smallest absolute Gasteiger partial charge is 0.0233 e. The van der Waals surface area contributed by atoms with Crippen LogP contribution < -0.4 is 0 Å². The van der Waals surface area contributed by atoms with Gasteiger partial charge in [0.2, 0.25) is 0 Å². The molecule has 0 bridgehead atoms. The Morgan fingerprint density at radius 1 is 0.630 bits per heavy atom. The summed E-state index contributed by atoms with van der Waals surface area (Å²) in [6.07, 6.45) is 32.2. The molecule has 0 amide bonds. The van der Waals surface area contributed by atoms with E-state index in [1.807, 2.05) is 0 Å². The molecule has 0 N–H and O–H groups in total. The molecule has 0 aromatic heterocycles. The number of hydrogen-bond donors (Lipinski definition) is 0. The third kappa shape index (κ3) is 6.65. The molecule has 0 saturated heterocycles. The highest BCUT2D eigenvalue weighted by atomic mass is 14.3. The monoisotopic (exact) mass is 368 g/mol. The van der Waals surface area contributed by atoms with E-state index >= 15 is 0 Å². The van der Waals surface area contributed by atoms with E-state index in [1.165, 1.54) is 89.9 Å². The van der Waals surface area contributed by atoms with Crippen LogP contribution in [0.5, 0.6) is 0 Å². The van der Waals surface area contributed by atoms with E-state index in [1.54, 1.807) is 0 Å². The summed E-state index contributed by atoms with van der Waals surface area (Å²) in [5.41, 5.74) is 0. The van der Waals surface area contributed by atoms with Gasteiger partial charge >= 0.3 is 0 Å². The molecular weight excluding hydrogens is 324 g/mol. The molecule has 0 radical (unpaired) electrons. The molecule has 0 atom stereocenters. The Bertz CT molecular complexity index is 460. The van der Waals surface area contributed by atoms with Gasteiger partial charge in [-0.05, 0) is 132 Å². The molecule has 27 heavy (non-hydrogen) atoms. The van der Waals surface area contributed by atoms with Gasteiger partial charge in [-0.1, -0.05) is 30.4 Å². The van der Waals surface area contributed by atoms with Crippen LogP contribution in [0.1, 0.15) is 96.8 Å². The molecule has 0 unspecified atom stereocenters. The van der Waals surface area contributed by atoms with Crippen LogP contribution >= 0.6 is 0 Å². The predicted octanol–water partition coefficient (Wildman–Crippen LogP) is 8.50. The molecule has 0 aliphatic heterocycles. The second-order valence-electron chi connectivity index (χ2n) is 9.91. The summed E-state index contributed by atoms with van der Waals surface area (Å²) < 4.78 is 0. The maximum Gasteiger partial charge on any atom is -0.0233 e. The molecule has 0 heterocycles. The molecule has 3 aliphatic rings. The lowest BCUT2D eigenvalue weighted by molar-refractivity contribution is 0.166. The first-order valence-corrected chi connectivity index (χ1v) is 12.2. The first kappa shape index (κ1) is 20.9. The van der Waals surface area contributed by atoms with Crippen LogP contribution in [0.25, 0.3) is 0 Å². The number of hydrogen-bond acceptors (Lipinski definition) is 0. The summed E-state index contributed by atoms with van der Waals surface area (Å²) in [6, 6.07) is 0. The van der Waals surface area contributed by atoms with Gasteiger partial charge in [0.05, 0.1) is 0 Å². The Morgan fingerprint density at radius 3 is 1.52 bits per heavy atom. The second kappa shape index (κ2) is 11.3. The molecule has 0 heteroatoms. The first-order chi connectivity index (χ1) is 13.3. The molecular formula is C27H44. The van der Waals surface area contributed by atoms with Crippen LogP contribution in [0, 0.1) is 35.5 Å². The maximum absolute atomic E-state index is 3.87. The molecule has 152 valence electrons. The van der Waals surface area contributed by atoms with E-state index in [4.69, 9.17) is 0 Å². The van der Waals surface area contributed by atoms with Gasteiger partial charge in [0.1, 0.15) is 0 Å². The highest BCUT2D eigenvalue weighted by Gasteiger charge is 2.29. The maximum atomic E-state index is 3.87. The quantitative estimate of drug-likeness (QED) is 0.395. The lowest BCUT2D eigenvalue weighted by Crippen LogP contribution is -2.25. The van der Waals surface area contributed by atoms with Gasteiger partial charge in [-0.2, -0.15) is 0 Å². The van der Waals surface area contributed by atoms with E-state index in [0.29, 0.717) is 0 Å². The van der Waals surface area contributed by atoms with Crippen molar-refractivity contribution in [3.05, 3.63) is 37.0 Å². The molecule has 0 spiro atoms. The minimum atomic E-state index is 0.879. The highest BCUT2D eigenvalue weighted by Crippen LogP contribution is 2.42. The first-order valence-electron chi connectivity index (χ1n) is 12.2. The van der Waals surface area contributed by atoms with E-state index in [-0.39, 0.29) is 0 Å². The molecule has 0 aromatic rings. The van der Waals surface area contributed by atoms with Gasteiger partial charge in [-0.3, -0.25) is 0 Å². The summed E-state index contributed by atoms with van der Waals surface area (Å²) in [6.45, 7) is 6.05. The Labute approximate surface area is 169 Å². The second-order valence-corrected chi connectivity index (χ2v) is 9.91. The number of allylic oxidation sites excluding steroid dienone is 5. The zero-order valence-corrected chi connectivity index (χ0v) is 18.0. The van der Waals surface area contributed by atoms with Crippen molar-refractivity contribution in [2.24, 2.45) is 35.5 Å². The third-order valence-corrected chi connectivity index (χ3v) is 8.09. The van der Waals surface area contributed by atoms with Gasteiger partial charge in [-0.15, -0.1) is 6.58 Å². The van der Waals surface area contributed by atoms with Gasteiger partial charge in [0.25, 0.3) is 0 Å². The van der Waals surface area contributed by atoms with Crippen molar-refractivity contribution in [1.82, 2.24) is 0 Å². The fourth-order valence-corrected chi connectivity index (χ4v) is 6.23. The van der Waals surface area contributed by atoms with Gasteiger partial charge in [-0.25, -0.2) is 0 Å². The zero-order valence-electron chi connectivity index (χ0n) is 18.0. The summed E-state index contributed by atoms with van der Waals surface area (Å²) in [4.78, 5) is 0. The van der Waals surface area contributed by atoms with Crippen molar-refractivity contribution < 1.29 is 0 Å². The van der Waals surface area contributed by atoms with Crippen molar-refractivity contribution >= 4 is 0 Å². The standard InChI is InChI=1S/C27H44/c1-3-5-7-23-8-10-24(11-9-23)12-13-25-16-20-27(21-17-25)26-18-14-22(6-4-2)15-19-26/h3-4,6,12-13,22-27H,1,5,7-11,14-21H2,2H3/b6-4+,13-12?. The van der Waals surface area contributed by atoms with Crippen molar-refractivity contribution in [2.75, 3.05) is 0 Å². The molecule has 3 saturated carbocycles. The molecule has 3 fully saturated rings. The normalized spacial score (nSPS) is 38.4. The minimum Gasteiger partial charge on any atom is -0.103 e. The van der Waals surface area contributed by atoms with Crippen LogP contribution in [0.2, 0.25) is 0 Å². The van der Waals surface area contributed by atoms with Gasteiger partial charge in [0.15, 0.2) is 0 Å². The van der Waals surface area contributed by atoms with Crippen molar-refractivity contribution in [2.45, 2.75) is 96.8 Å². The Kier molecular flexibility index (Phi) is 8.75. The Balaban J connectivity index is 1.33. The molecule has 0 nitrogen and oxygen atoms in total. The summed E-state index contributed by atoms with van der Waals surface area (Å²) in [5.74, 6) is 5.72. The Hall–Kier alpha value is -0.780. The average Bonchev–Trinajstić information content (AvgIpc) is 2.73. The van der Waals surface area contributed by atoms with Crippen LogP contribution in [0.4, 0.5) is 0 Å². The summed E-state index contributed by atoms with van der Waals surface area (Å²) >= 11 is 0. The van der Waals surface area contributed by atoms with Crippen LogP contribution in [-0.2, 0) is 0 Å². The van der Waals surface area contributed by atoms with Crippen molar-refractivity contribution in [3.8, 4) is 0 Å². The fourth-order valence-electron chi connectivity index (χ4n) is 6.23. The van der Waals surface area contributed by atoms with Crippen LogP contribution in [-0.4, -0.2) is 0 Å². The van der Waals surface area contributed by atoms with Crippen LogP contribution in [0.3, 0.4) is 0 Å². The third-order valence-electron chi connectivity index (χ3n) is 8.09. The van der Waals surface area contributed by atoms with E-state index in [9.17, 15) is 0 Å². The van der Waals surface area contributed by atoms with Crippen molar-refractivity contribution in [1.29, 1.82) is 0 Å². The topological polar surface area (TPSA) is 0 Å². The minimum absolute atomic E-state index is 0.879. The molecule has 0 aromatic carbocycles. The zero-order chi connectivity index (χ0) is 18.9. The largest absolute Gasteiger partial charge is 0.103 e. The number of rotatable bonds is 7. The molecule has 3 aliphatic carbocycles. The van der Waals surface area contributed by atoms with E-state index in [2.05, 4.69) is 43.9 Å². The fraction of sp³-hybridized carbons (Fsp3) is 0.778. The lowest BCUT2D eigenvalue weighted by atomic mass is 9.69. The SMILES string of the molecule is C=CCCC1CCC(C=CC2CCC(C3CCC(/C=C/C)CC3)CC2)CC1. The summed E-state index contributed by atoms with van der Waals surface area (Å²) in [7, 11) is 0. The predicted molar refractivity (Wildman–Crippen MR) is 120 cm³/mol. The average molecular weight is 369 g/mol.